The van der Waals surface area contributed by atoms with Crippen molar-refractivity contribution in [2.24, 2.45) is 0 Å². The molecule has 4 rings (SSSR count). The molecule has 0 N–H and O–H groups in total. The normalized spacial score (nSPS) is 10.8. The first-order valence-electron chi connectivity index (χ1n) is 7.40. The highest BCUT2D eigenvalue weighted by Gasteiger charge is 2.11. The Bertz CT molecular complexity index is 820. The molecule has 2 aromatic heterocycles. The molecule has 0 saturated heterocycles. The zero-order chi connectivity index (χ0) is 15.5. The molecule has 4 heteroatoms. The fraction of sp³-hybridized carbons (Fsp3) is 0.0526. The molecule has 0 fully saturated rings. The van der Waals surface area contributed by atoms with Crippen molar-refractivity contribution in [2.45, 2.75) is 6.42 Å². The van der Waals surface area contributed by atoms with Crippen molar-refractivity contribution in [1.82, 2.24) is 10.3 Å². The summed E-state index contributed by atoms with van der Waals surface area (Å²) in [6.07, 6.45) is 0.576. The molecule has 23 heavy (non-hydrogen) atoms. The van der Waals surface area contributed by atoms with E-state index in [9.17, 15) is 0 Å². The Morgan fingerprint density at radius 1 is 0.609 bits per heavy atom. The molecule has 0 aliphatic heterocycles. The van der Waals surface area contributed by atoms with E-state index >= 15 is 0 Å². The van der Waals surface area contributed by atoms with Gasteiger partial charge in [0.1, 0.15) is 0 Å². The SMILES string of the molecule is c1ccc(-c2cc(Cc3cc(-c4ccccc4)on3)no2)cc1. The molecule has 0 saturated carbocycles. The monoisotopic (exact) mass is 302 g/mol. The van der Waals surface area contributed by atoms with Crippen molar-refractivity contribution in [2.75, 3.05) is 0 Å². The molecule has 0 bridgehead atoms. The number of rotatable bonds is 4. The van der Waals surface area contributed by atoms with Crippen molar-refractivity contribution >= 4 is 0 Å². The third-order valence-electron chi connectivity index (χ3n) is 3.60. The average Bonchev–Trinajstić information content (AvgIpc) is 3.27. The third kappa shape index (κ3) is 2.92. The predicted molar refractivity (Wildman–Crippen MR) is 86.7 cm³/mol. The maximum atomic E-state index is 5.41. The first-order valence-corrected chi connectivity index (χ1v) is 7.40. The number of aromatic nitrogens is 2. The lowest BCUT2D eigenvalue weighted by Gasteiger charge is -1.91. The second-order valence-electron chi connectivity index (χ2n) is 5.27. The Hall–Kier alpha value is -3.14. The van der Waals surface area contributed by atoms with E-state index in [2.05, 4.69) is 10.3 Å². The molecule has 0 aliphatic carbocycles. The van der Waals surface area contributed by atoms with Gasteiger partial charge in [0, 0.05) is 29.7 Å². The Morgan fingerprint density at radius 2 is 1.04 bits per heavy atom. The largest absolute Gasteiger partial charge is 0.356 e. The molecule has 0 aliphatic rings. The molecule has 0 unspecified atom stereocenters. The fourth-order valence-electron chi connectivity index (χ4n) is 2.45. The highest BCUT2D eigenvalue weighted by Crippen LogP contribution is 2.23. The van der Waals surface area contributed by atoms with Crippen LogP contribution in [0.25, 0.3) is 22.6 Å². The first-order chi connectivity index (χ1) is 11.4. The maximum absolute atomic E-state index is 5.41. The van der Waals surface area contributed by atoms with Crippen LogP contribution >= 0.6 is 0 Å². The summed E-state index contributed by atoms with van der Waals surface area (Å²) in [5.41, 5.74) is 3.68. The molecule has 0 atom stereocenters. The molecule has 0 spiro atoms. The molecule has 4 nitrogen and oxygen atoms in total. The van der Waals surface area contributed by atoms with Crippen molar-refractivity contribution in [3.8, 4) is 22.6 Å². The second-order valence-corrected chi connectivity index (χ2v) is 5.27. The number of nitrogens with zero attached hydrogens (tertiary/aromatic N) is 2. The molecule has 0 amide bonds. The lowest BCUT2D eigenvalue weighted by molar-refractivity contribution is 0.416. The molecule has 112 valence electrons. The summed E-state index contributed by atoms with van der Waals surface area (Å²) in [6.45, 7) is 0. The van der Waals surface area contributed by atoms with Gasteiger partial charge in [-0.1, -0.05) is 71.0 Å². The van der Waals surface area contributed by atoms with Crippen molar-refractivity contribution in [3.63, 3.8) is 0 Å². The van der Waals surface area contributed by atoms with E-state index in [0.29, 0.717) is 6.42 Å². The highest BCUT2D eigenvalue weighted by molar-refractivity contribution is 5.58. The standard InChI is InChI=1S/C19H14N2O2/c1-3-7-14(8-4-1)18-12-16(20-22-18)11-17-13-19(23-21-17)15-9-5-2-6-10-15/h1-10,12-13H,11H2. The first kappa shape index (κ1) is 13.5. The van der Waals surface area contributed by atoms with E-state index < -0.39 is 0 Å². The van der Waals surface area contributed by atoms with Crippen LogP contribution < -0.4 is 0 Å². The minimum atomic E-state index is 0.576. The Balaban J connectivity index is 1.53. The number of hydrogen-bond acceptors (Lipinski definition) is 4. The summed E-state index contributed by atoms with van der Waals surface area (Å²) in [7, 11) is 0. The van der Waals surface area contributed by atoms with Crippen LogP contribution in [-0.2, 0) is 6.42 Å². The van der Waals surface area contributed by atoms with Gasteiger partial charge in [0.15, 0.2) is 11.5 Å². The van der Waals surface area contributed by atoms with Gasteiger partial charge in [-0.3, -0.25) is 0 Å². The van der Waals surface area contributed by atoms with Gasteiger partial charge < -0.3 is 9.05 Å². The van der Waals surface area contributed by atoms with Gasteiger partial charge >= 0.3 is 0 Å². The van der Waals surface area contributed by atoms with Crippen LogP contribution in [0.4, 0.5) is 0 Å². The van der Waals surface area contributed by atoms with Gasteiger partial charge in [-0.25, -0.2) is 0 Å². The minimum Gasteiger partial charge on any atom is -0.356 e. The van der Waals surface area contributed by atoms with E-state index in [1.54, 1.807) is 0 Å². The van der Waals surface area contributed by atoms with E-state index in [1.807, 2.05) is 72.8 Å². The third-order valence-corrected chi connectivity index (χ3v) is 3.60. The van der Waals surface area contributed by atoms with Gasteiger partial charge in [0.25, 0.3) is 0 Å². The van der Waals surface area contributed by atoms with Gasteiger partial charge in [-0.15, -0.1) is 0 Å². The van der Waals surface area contributed by atoms with Gasteiger partial charge in [0.05, 0.1) is 11.4 Å². The summed E-state index contributed by atoms with van der Waals surface area (Å²) < 4.78 is 10.8. The topological polar surface area (TPSA) is 52.1 Å². The van der Waals surface area contributed by atoms with Crippen LogP contribution in [-0.4, -0.2) is 10.3 Å². The van der Waals surface area contributed by atoms with Gasteiger partial charge in [-0.05, 0) is 0 Å². The lowest BCUT2D eigenvalue weighted by atomic mass is 10.1. The molecular weight excluding hydrogens is 288 g/mol. The quantitative estimate of drug-likeness (QED) is 0.553. The molecule has 0 radical (unpaired) electrons. The summed E-state index contributed by atoms with van der Waals surface area (Å²) in [5.74, 6) is 1.51. The highest BCUT2D eigenvalue weighted by atomic mass is 16.5. The zero-order valence-corrected chi connectivity index (χ0v) is 12.3. The predicted octanol–water partition coefficient (Wildman–Crippen LogP) is 4.59. The van der Waals surface area contributed by atoms with Crippen molar-refractivity contribution < 1.29 is 9.05 Å². The van der Waals surface area contributed by atoms with Crippen LogP contribution in [0.3, 0.4) is 0 Å². The van der Waals surface area contributed by atoms with E-state index in [-0.39, 0.29) is 0 Å². The number of benzene rings is 2. The molecular formula is C19H14N2O2. The van der Waals surface area contributed by atoms with Gasteiger partial charge in [0.2, 0.25) is 0 Å². The summed E-state index contributed by atoms with van der Waals surface area (Å²) in [4.78, 5) is 0. The van der Waals surface area contributed by atoms with E-state index in [1.165, 1.54) is 0 Å². The summed E-state index contributed by atoms with van der Waals surface area (Å²) in [6, 6.07) is 23.7. The second kappa shape index (κ2) is 5.93. The van der Waals surface area contributed by atoms with Crippen LogP contribution in [0.5, 0.6) is 0 Å². The molecule has 2 heterocycles. The van der Waals surface area contributed by atoms with Crippen LogP contribution in [0, 0.1) is 0 Å². The van der Waals surface area contributed by atoms with Crippen LogP contribution in [0.1, 0.15) is 11.4 Å². The van der Waals surface area contributed by atoms with Crippen molar-refractivity contribution in [3.05, 3.63) is 84.2 Å². The Labute approximate surface area is 133 Å². The molecule has 4 aromatic rings. The summed E-state index contributed by atoms with van der Waals surface area (Å²) >= 11 is 0. The van der Waals surface area contributed by atoms with Crippen molar-refractivity contribution in [1.29, 1.82) is 0 Å². The van der Waals surface area contributed by atoms with Crippen LogP contribution in [0.2, 0.25) is 0 Å². The summed E-state index contributed by atoms with van der Waals surface area (Å²) in [5, 5.41) is 8.23. The van der Waals surface area contributed by atoms with E-state index in [0.717, 1.165) is 34.0 Å². The number of hydrogen-bond donors (Lipinski definition) is 0. The molecule has 2 aromatic carbocycles. The lowest BCUT2D eigenvalue weighted by Crippen LogP contribution is -1.86. The van der Waals surface area contributed by atoms with Gasteiger partial charge in [-0.2, -0.15) is 0 Å². The minimum absolute atomic E-state index is 0.576. The Kier molecular flexibility index (Phi) is 3.48. The average molecular weight is 302 g/mol. The van der Waals surface area contributed by atoms with Crippen LogP contribution in [0.15, 0.2) is 81.8 Å². The smallest absolute Gasteiger partial charge is 0.167 e. The Morgan fingerprint density at radius 3 is 1.48 bits per heavy atom. The fourth-order valence-corrected chi connectivity index (χ4v) is 2.45. The van der Waals surface area contributed by atoms with E-state index in [4.69, 9.17) is 9.05 Å². The zero-order valence-electron chi connectivity index (χ0n) is 12.3. The maximum Gasteiger partial charge on any atom is 0.167 e.